The van der Waals surface area contributed by atoms with Crippen LogP contribution in [0, 0.1) is 5.92 Å². The zero-order chi connectivity index (χ0) is 8.43. The van der Waals surface area contributed by atoms with Crippen molar-refractivity contribution in [1.29, 1.82) is 0 Å². The lowest BCUT2D eigenvalue weighted by Crippen LogP contribution is -2.10. The van der Waals surface area contributed by atoms with Gasteiger partial charge in [-0.05, 0) is 0 Å². The molecule has 0 aliphatic rings. The highest BCUT2D eigenvalue weighted by atomic mass is 16.5. The minimum absolute atomic E-state index is 0.00926. The molecule has 0 saturated carbocycles. The third-order valence-electron chi connectivity index (χ3n) is 1.20. The van der Waals surface area contributed by atoms with Crippen LogP contribution in [0.25, 0.3) is 0 Å². The minimum Gasteiger partial charge on any atom is -0.295 e. The van der Waals surface area contributed by atoms with E-state index in [1.165, 1.54) is 0 Å². The lowest BCUT2D eigenvalue weighted by atomic mass is 10.1. The van der Waals surface area contributed by atoms with E-state index in [4.69, 9.17) is 0 Å². The van der Waals surface area contributed by atoms with Gasteiger partial charge < -0.3 is 0 Å². The summed E-state index contributed by atoms with van der Waals surface area (Å²) in [6.07, 6.45) is 0. The summed E-state index contributed by atoms with van der Waals surface area (Å²) in [5.41, 5.74) is 0. The topological polar surface area (TPSA) is 76.0 Å². The molecule has 1 aromatic rings. The maximum Gasteiger partial charge on any atom is 0.439 e. The highest BCUT2D eigenvalue weighted by molar-refractivity contribution is 5.93. The largest absolute Gasteiger partial charge is 0.439 e. The minimum atomic E-state index is -0.700. The van der Waals surface area contributed by atoms with Gasteiger partial charge in [0.05, 0.1) is 0 Å². The summed E-state index contributed by atoms with van der Waals surface area (Å²) in [5, 5.41) is 3.24. The fourth-order valence-corrected chi connectivity index (χ4v) is 0.609. The van der Waals surface area contributed by atoms with Crippen LogP contribution in [0.15, 0.2) is 9.32 Å². The van der Waals surface area contributed by atoms with Gasteiger partial charge in [0, 0.05) is 5.92 Å². The molecule has 0 saturated heterocycles. The molecule has 0 bridgehead atoms. The number of Topliss-reactive ketones (excluding diaryl/α,β-unsaturated/α-hetero) is 1. The smallest absolute Gasteiger partial charge is 0.295 e. The second kappa shape index (κ2) is 2.69. The van der Waals surface area contributed by atoms with Gasteiger partial charge in [-0.2, -0.15) is 0 Å². The molecule has 0 aromatic carbocycles. The van der Waals surface area contributed by atoms with Crippen molar-refractivity contribution in [2.45, 2.75) is 13.8 Å². The number of carbonyl (C=O) groups excluding carboxylic acids is 1. The van der Waals surface area contributed by atoms with Crippen molar-refractivity contribution in [3.8, 4) is 0 Å². The number of ketones is 1. The van der Waals surface area contributed by atoms with Crippen molar-refractivity contribution in [3.05, 3.63) is 16.4 Å². The number of hydrogen-bond donors (Lipinski definition) is 1. The van der Waals surface area contributed by atoms with Crippen molar-refractivity contribution in [3.63, 3.8) is 0 Å². The third-order valence-corrected chi connectivity index (χ3v) is 1.20. The molecule has 1 N–H and O–H groups in total. The number of H-pyrrole nitrogens is 1. The summed E-state index contributed by atoms with van der Waals surface area (Å²) >= 11 is 0. The Morgan fingerprint density at radius 3 is 2.64 bits per heavy atom. The van der Waals surface area contributed by atoms with E-state index in [9.17, 15) is 9.59 Å². The molecule has 11 heavy (non-hydrogen) atoms. The number of aromatic nitrogens is 2. The molecule has 1 rings (SSSR count). The van der Waals surface area contributed by atoms with Gasteiger partial charge in [0.1, 0.15) is 0 Å². The molecular weight excluding hydrogens is 148 g/mol. The zero-order valence-corrected chi connectivity index (χ0v) is 6.25. The number of rotatable bonds is 2. The van der Waals surface area contributed by atoms with E-state index in [0.29, 0.717) is 0 Å². The fraction of sp³-hybridized carbons (Fsp3) is 0.500. The Labute approximate surface area is 62.4 Å². The first-order valence-corrected chi connectivity index (χ1v) is 3.21. The first-order chi connectivity index (χ1) is 5.11. The lowest BCUT2D eigenvalue weighted by molar-refractivity contribution is 0.0926. The van der Waals surface area contributed by atoms with Crippen LogP contribution < -0.4 is 5.76 Å². The quantitative estimate of drug-likeness (QED) is 0.620. The maximum absolute atomic E-state index is 11.1. The van der Waals surface area contributed by atoms with Crippen molar-refractivity contribution < 1.29 is 9.32 Å². The average molecular weight is 156 g/mol. The van der Waals surface area contributed by atoms with Crippen LogP contribution in [0.3, 0.4) is 0 Å². The SMILES string of the molecule is CC(C)C(=O)c1noc(=O)[nH]1. The predicted octanol–water partition coefficient (Wildman–Crippen LogP) is 0.202. The van der Waals surface area contributed by atoms with E-state index in [0.717, 1.165) is 0 Å². The van der Waals surface area contributed by atoms with Gasteiger partial charge in [-0.1, -0.05) is 19.0 Å². The maximum atomic E-state index is 11.1. The van der Waals surface area contributed by atoms with Gasteiger partial charge in [0.15, 0.2) is 0 Å². The van der Waals surface area contributed by atoms with Gasteiger partial charge in [-0.3, -0.25) is 14.3 Å². The summed E-state index contributed by atoms with van der Waals surface area (Å²) in [7, 11) is 0. The molecule has 5 heteroatoms. The summed E-state index contributed by atoms with van der Waals surface area (Å²) in [6, 6.07) is 0. The molecule has 0 atom stereocenters. The van der Waals surface area contributed by atoms with Gasteiger partial charge in [-0.25, -0.2) is 4.79 Å². The highest BCUT2D eigenvalue weighted by Gasteiger charge is 2.14. The second-order valence-corrected chi connectivity index (χ2v) is 2.46. The number of hydrogen-bond acceptors (Lipinski definition) is 4. The molecule has 0 unspecified atom stereocenters. The molecule has 0 aliphatic carbocycles. The Balaban J connectivity index is 2.94. The first-order valence-electron chi connectivity index (χ1n) is 3.21. The molecule has 0 fully saturated rings. The van der Waals surface area contributed by atoms with Gasteiger partial charge in [-0.15, -0.1) is 0 Å². The zero-order valence-electron chi connectivity index (χ0n) is 6.25. The molecular formula is C6H8N2O3. The first kappa shape index (κ1) is 7.71. The Hall–Kier alpha value is -1.39. The fourth-order valence-electron chi connectivity index (χ4n) is 0.609. The van der Waals surface area contributed by atoms with Crippen LogP contribution in [0.1, 0.15) is 24.5 Å². The summed E-state index contributed by atoms with van der Waals surface area (Å²) in [5.74, 6) is -1.12. The normalized spacial score (nSPS) is 10.5. The molecule has 1 aromatic heterocycles. The van der Waals surface area contributed by atoms with Gasteiger partial charge >= 0.3 is 5.76 Å². The van der Waals surface area contributed by atoms with E-state index in [-0.39, 0.29) is 17.5 Å². The predicted molar refractivity (Wildman–Crippen MR) is 36.3 cm³/mol. The standard InChI is InChI=1S/C6H8N2O3/c1-3(2)4(9)5-7-6(10)11-8-5/h3H,1-2H3,(H,7,8,10). The van der Waals surface area contributed by atoms with Gasteiger partial charge in [0.25, 0.3) is 0 Å². The molecule has 0 radical (unpaired) electrons. The van der Waals surface area contributed by atoms with Crippen molar-refractivity contribution in [2.24, 2.45) is 5.92 Å². The molecule has 0 amide bonds. The van der Waals surface area contributed by atoms with E-state index in [1.54, 1.807) is 13.8 Å². The highest BCUT2D eigenvalue weighted by Crippen LogP contribution is 1.99. The number of aromatic amines is 1. The second-order valence-electron chi connectivity index (χ2n) is 2.46. The van der Waals surface area contributed by atoms with E-state index < -0.39 is 5.76 Å². The molecule has 1 heterocycles. The summed E-state index contributed by atoms with van der Waals surface area (Å²) in [4.78, 5) is 23.6. The van der Waals surface area contributed by atoms with E-state index in [1.807, 2.05) is 0 Å². The molecule has 5 nitrogen and oxygen atoms in total. The molecule has 60 valence electrons. The van der Waals surface area contributed by atoms with Crippen LogP contribution >= 0.6 is 0 Å². The van der Waals surface area contributed by atoms with Crippen molar-refractivity contribution in [1.82, 2.24) is 10.1 Å². The van der Waals surface area contributed by atoms with Crippen LogP contribution in [0.4, 0.5) is 0 Å². The van der Waals surface area contributed by atoms with E-state index in [2.05, 4.69) is 14.7 Å². The average Bonchev–Trinajstić information content (AvgIpc) is 2.34. The van der Waals surface area contributed by atoms with Crippen LogP contribution in [-0.2, 0) is 0 Å². The van der Waals surface area contributed by atoms with Crippen LogP contribution in [-0.4, -0.2) is 15.9 Å². The van der Waals surface area contributed by atoms with Crippen molar-refractivity contribution in [2.75, 3.05) is 0 Å². The Morgan fingerprint density at radius 2 is 2.27 bits per heavy atom. The monoisotopic (exact) mass is 156 g/mol. The van der Waals surface area contributed by atoms with Crippen LogP contribution in [0.2, 0.25) is 0 Å². The molecule has 0 aliphatic heterocycles. The number of carbonyl (C=O) groups is 1. The third kappa shape index (κ3) is 1.54. The summed E-state index contributed by atoms with van der Waals surface area (Å²) < 4.78 is 4.15. The molecule has 0 spiro atoms. The lowest BCUT2D eigenvalue weighted by Gasteiger charge is -1.95. The number of nitrogens with one attached hydrogen (secondary N) is 1. The van der Waals surface area contributed by atoms with E-state index >= 15 is 0 Å². The van der Waals surface area contributed by atoms with Crippen molar-refractivity contribution >= 4 is 5.78 Å². The Bertz CT molecular complexity index is 310. The Kier molecular flexibility index (Phi) is 1.89. The van der Waals surface area contributed by atoms with Gasteiger partial charge in [0.2, 0.25) is 11.6 Å². The number of nitrogens with zero attached hydrogens (tertiary/aromatic N) is 1. The Morgan fingerprint density at radius 1 is 1.64 bits per heavy atom. The summed E-state index contributed by atoms with van der Waals surface area (Å²) in [6.45, 7) is 3.44. The van der Waals surface area contributed by atoms with Crippen LogP contribution in [0.5, 0.6) is 0 Å².